The molecule has 1 aliphatic heterocycles. The van der Waals surface area contributed by atoms with E-state index in [1.54, 1.807) is 0 Å². The van der Waals surface area contributed by atoms with Crippen molar-refractivity contribution in [2.45, 2.75) is 20.0 Å². The highest BCUT2D eigenvalue weighted by atomic mass is 35.5. The van der Waals surface area contributed by atoms with E-state index in [0.29, 0.717) is 0 Å². The van der Waals surface area contributed by atoms with Crippen molar-refractivity contribution in [3.05, 3.63) is 40.7 Å². The Kier molecular flexibility index (Phi) is 2.65. The Hall–Kier alpha value is -1.32. The zero-order valence-electron chi connectivity index (χ0n) is 9.70. The van der Waals surface area contributed by atoms with Crippen molar-refractivity contribution in [3.8, 4) is 11.1 Å². The van der Waals surface area contributed by atoms with Gasteiger partial charge in [0.2, 0.25) is 0 Å². The van der Waals surface area contributed by atoms with Gasteiger partial charge in [-0.25, -0.2) is 0 Å². The van der Waals surface area contributed by atoms with Gasteiger partial charge in [0.1, 0.15) is 0 Å². The summed E-state index contributed by atoms with van der Waals surface area (Å²) < 4.78 is 2.08. The van der Waals surface area contributed by atoms with Gasteiger partial charge in [0.25, 0.3) is 0 Å². The van der Waals surface area contributed by atoms with Gasteiger partial charge < -0.3 is 5.32 Å². The van der Waals surface area contributed by atoms with Crippen LogP contribution < -0.4 is 5.32 Å². The summed E-state index contributed by atoms with van der Waals surface area (Å²) in [5, 5.41) is 8.63. The van der Waals surface area contributed by atoms with Crippen LogP contribution in [0.15, 0.2) is 24.4 Å². The van der Waals surface area contributed by atoms with Crippen LogP contribution in [0.4, 0.5) is 0 Å². The van der Waals surface area contributed by atoms with E-state index in [9.17, 15) is 0 Å². The van der Waals surface area contributed by atoms with E-state index in [1.165, 1.54) is 16.8 Å². The third-order valence-electron chi connectivity index (χ3n) is 3.30. The van der Waals surface area contributed by atoms with E-state index >= 15 is 0 Å². The molecule has 1 N–H and O–H groups in total. The molecule has 1 aliphatic rings. The third-order valence-corrected chi connectivity index (χ3v) is 3.71. The van der Waals surface area contributed by atoms with Gasteiger partial charge in [-0.1, -0.05) is 23.7 Å². The summed E-state index contributed by atoms with van der Waals surface area (Å²) >= 11 is 6.17. The van der Waals surface area contributed by atoms with Gasteiger partial charge in [0.15, 0.2) is 0 Å². The molecule has 0 fully saturated rings. The molecule has 0 saturated heterocycles. The zero-order valence-corrected chi connectivity index (χ0v) is 10.5. The second-order valence-electron chi connectivity index (χ2n) is 4.32. The maximum absolute atomic E-state index is 6.17. The fourth-order valence-electron chi connectivity index (χ4n) is 2.31. The van der Waals surface area contributed by atoms with Crippen molar-refractivity contribution in [1.29, 1.82) is 0 Å². The third kappa shape index (κ3) is 1.75. The van der Waals surface area contributed by atoms with E-state index in [0.717, 1.165) is 30.2 Å². The molecule has 2 aromatic rings. The van der Waals surface area contributed by atoms with Gasteiger partial charge in [-0.3, -0.25) is 4.68 Å². The van der Waals surface area contributed by atoms with Crippen LogP contribution >= 0.6 is 11.6 Å². The van der Waals surface area contributed by atoms with Gasteiger partial charge >= 0.3 is 0 Å². The first-order valence-electron chi connectivity index (χ1n) is 5.78. The molecule has 3 nitrogen and oxygen atoms in total. The molecule has 0 aliphatic carbocycles. The van der Waals surface area contributed by atoms with Crippen LogP contribution in [0.1, 0.15) is 11.3 Å². The highest BCUT2D eigenvalue weighted by Crippen LogP contribution is 2.31. The first-order chi connectivity index (χ1) is 8.27. The Morgan fingerprint density at radius 3 is 3.12 bits per heavy atom. The predicted octanol–water partition coefficient (Wildman–Crippen LogP) is 2.62. The molecular formula is C13H14ClN3. The van der Waals surface area contributed by atoms with Crippen molar-refractivity contribution in [3.63, 3.8) is 0 Å². The Balaban J connectivity index is 2.15. The van der Waals surface area contributed by atoms with Gasteiger partial charge in [-0.05, 0) is 24.1 Å². The minimum absolute atomic E-state index is 0.811. The van der Waals surface area contributed by atoms with Crippen LogP contribution in [0, 0.1) is 6.92 Å². The van der Waals surface area contributed by atoms with Gasteiger partial charge in [-0.15, -0.1) is 0 Å². The standard InChI is InChI=1S/C13H14ClN3/c1-9-10(3-2-4-12(9)14)11-7-16-17-6-5-15-8-13(11)17/h2-4,7,15H,5-6,8H2,1H3. The molecule has 17 heavy (non-hydrogen) atoms. The Bertz CT molecular complexity index is 560. The van der Waals surface area contributed by atoms with Crippen molar-refractivity contribution < 1.29 is 0 Å². The summed E-state index contributed by atoms with van der Waals surface area (Å²) in [7, 11) is 0. The number of fused-ring (bicyclic) bond motifs is 1. The fraction of sp³-hybridized carbons (Fsp3) is 0.308. The molecule has 2 heterocycles. The van der Waals surface area contributed by atoms with Crippen molar-refractivity contribution in [2.24, 2.45) is 0 Å². The largest absolute Gasteiger partial charge is 0.309 e. The second kappa shape index (κ2) is 4.17. The van der Waals surface area contributed by atoms with E-state index in [-0.39, 0.29) is 0 Å². The number of rotatable bonds is 1. The van der Waals surface area contributed by atoms with Crippen LogP contribution in [-0.4, -0.2) is 16.3 Å². The summed E-state index contributed by atoms with van der Waals surface area (Å²) in [5.41, 5.74) is 4.75. The van der Waals surface area contributed by atoms with Crippen molar-refractivity contribution >= 4 is 11.6 Å². The van der Waals surface area contributed by atoms with E-state index in [2.05, 4.69) is 28.1 Å². The summed E-state index contributed by atoms with van der Waals surface area (Å²) in [6.07, 6.45) is 1.95. The maximum Gasteiger partial charge on any atom is 0.0601 e. The lowest BCUT2D eigenvalue weighted by Crippen LogP contribution is -2.28. The summed E-state index contributed by atoms with van der Waals surface area (Å²) in [6.45, 7) is 4.86. The number of aromatic nitrogens is 2. The molecule has 4 heteroatoms. The molecule has 0 radical (unpaired) electrons. The molecule has 0 atom stereocenters. The van der Waals surface area contributed by atoms with E-state index in [4.69, 9.17) is 11.6 Å². The molecule has 1 aromatic carbocycles. The Morgan fingerprint density at radius 1 is 1.35 bits per heavy atom. The van der Waals surface area contributed by atoms with E-state index < -0.39 is 0 Å². The van der Waals surface area contributed by atoms with Crippen molar-refractivity contribution in [1.82, 2.24) is 15.1 Å². The lowest BCUT2D eigenvalue weighted by atomic mass is 10.0. The second-order valence-corrected chi connectivity index (χ2v) is 4.72. The average molecular weight is 248 g/mol. The monoisotopic (exact) mass is 247 g/mol. The topological polar surface area (TPSA) is 29.9 Å². The number of benzene rings is 1. The molecule has 0 bridgehead atoms. The smallest absolute Gasteiger partial charge is 0.0601 e. The first-order valence-corrected chi connectivity index (χ1v) is 6.16. The number of hydrogen-bond acceptors (Lipinski definition) is 2. The van der Waals surface area contributed by atoms with Gasteiger partial charge in [0, 0.05) is 23.7 Å². The Labute approximate surface area is 105 Å². The van der Waals surface area contributed by atoms with Crippen LogP contribution in [0.2, 0.25) is 5.02 Å². The van der Waals surface area contributed by atoms with Crippen LogP contribution in [-0.2, 0) is 13.1 Å². The number of nitrogens with zero attached hydrogens (tertiary/aromatic N) is 2. The summed E-state index contributed by atoms with van der Waals surface area (Å²) in [5.74, 6) is 0. The summed E-state index contributed by atoms with van der Waals surface area (Å²) in [6, 6.07) is 6.02. The number of hydrogen-bond donors (Lipinski definition) is 1. The highest BCUT2D eigenvalue weighted by molar-refractivity contribution is 6.31. The zero-order chi connectivity index (χ0) is 11.8. The normalized spacial score (nSPS) is 14.7. The van der Waals surface area contributed by atoms with Crippen LogP contribution in [0.5, 0.6) is 0 Å². The number of halogens is 1. The Morgan fingerprint density at radius 2 is 2.24 bits per heavy atom. The minimum atomic E-state index is 0.811. The molecular weight excluding hydrogens is 234 g/mol. The quantitative estimate of drug-likeness (QED) is 0.840. The first kappa shape index (κ1) is 10.8. The van der Waals surface area contributed by atoms with Crippen molar-refractivity contribution in [2.75, 3.05) is 6.54 Å². The number of nitrogens with one attached hydrogen (secondary N) is 1. The molecule has 0 spiro atoms. The molecule has 3 rings (SSSR count). The van der Waals surface area contributed by atoms with Crippen LogP contribution in [0.3, 0.4) is 0 Å². The minimum Gasteiger partial charge on any atom is -0.309 e. The fourth-order valence-corrected chi connectivity index (χ4v) is 2.48. The molecule has 0 amide bonds. The molecule has 0 saturated carbocycles. The average Bonchev–Trinajstić information content (AvgIpc) is 2.77. The SMILES string of the molecule is Cc1c(Cl)cccc1-c1cnn2c1CNCC2. The lowest BCUT2D eigenvalue weighted by molar-refractivity contribution is 0.476. The molecule has 0 unspecified atom stereocenters. The summed E-state index contributed by atoms with van der Waals surface area (Å²) in [4.78, 5) is 0. The lowest BCUT2D eigenvalue weighted by Gasteiger charge is -2.17. The van der Waals surface area contributed by atoms with Gasteiger partial charge in [-0.2, -0.15) is 5.10 Å². The molecule has 1 aromatic heterocycles. The van der Waals surface area contributed by atoms with Gasteiger partial charge in [0.05, 0.1) is 18.4 Å². The van der Waals surface area contributed by atoms with Crippen LogP contribution in [0.25, 0.3) is 11.1 Å². The van der Waals surface area contributed by atoms with E-state index in [1.807, 2.05) is 18.3 Å². The maximum atomic E-state index is 6.17. The predicted molar refractivity (Wildman–Crippen MR) is 69.1 cm³/mol. The molecule has 88 valence electrons. The highest BCUT2D eigenvalue weighted by Gasteiger charge is 2.17.